The molecule has 2 fully saturated rings. The smallest absolute Gasteiger partial charge is 0.237 e. The molecule has 1 N–H and O–H groups in total. The monoisotopic (exact) mass is 316 g/mol. The second-order valence-electron chi connectivity index (χ2n) is 6.86. The largest absolute Gasteiger partial charge is 0.381 e. The van der Waals surface area contributed by atoms with Gasteiger partial charge in [0.1, 0.15) is 0 Å². The van der Waals surface area contributed by atoms with Crippen molar-refractivity contribution in [3.05, 3.63) is 35.9 Å². The quantitative estimate of drug-likeness (QED) is 0.908. The van der Waals surface area contributed by atoms with Gasteiger partial charge in [-0.15, -0.1) is 0 Å². The highest BCUT2D eigenvalue weighted by molar-refractivity contribution is 5.82. The van der Waals surface area contributed by atoms with Crippen molar-refractivity contribution in [3.8, 4) is 0 Å². The predicted octanol–water partition coefficient (Wildman–Crippen LogP) is 2.58. The maximum absolute atomic E-state index is 12.7. The lowest BCUT2D eigenvalue weighted by atomic mass is 9.92. The number of nitrogens with one attached hydrogen (secondary N) is 1. The minimum absolute atomic E-state index is 0.0255. The number of hydrogen-bond donors (Lipinski definition) is 1. The van der Waals surface area contributed by atoms with E-state index in [9.17, 15) is 4.79 Å². The predicted molar refractivity (Wildman–Crippen MR) is 91.0 cm³/mol. The molecule has 0 radical (unpaired) electrons. The summed E-state index contributed by atoms with van der Waals surface area (Å²) in [5.74, 6) is 0.758. The molecule has 1 aromatic carbocycles. The molecule has 0 spiro atoms. The van der Waals surface area contributed by atoms with Crippen molar-refractivity contribution in [2.45, 2.75) is 51.2 Å². The molecule has 4 nitrogen and oxygen atoms in total. The number of hydrogen-bond acceptors (Lipinski definition) is 3. The van der Waals surface area contributed by atoms with Gasteiger partial charge in [-0.2, -0.15) is 0 Å². The van der Waals surface area contributed by atoms with E-state index in [0.717, 1.165) is 52.0 Å². The van der Waals surface area contributed by atoms with Crippen LogP contribution in [0.25, 0.3) is 0 Å². The van der Waals surface area contributed by atoms with Crippen molar-refractivity contribution < 1.29 is 9.53 Å². The summed E-state index contributed by atoms with van der Waals surface area (Å²) < 4.78 is 5.42. The SMILES string of the molecule is CC(NC(=O)C1CCCN1Cc1ccccc1)C1CCOCC1. The third-order valence-electron chi connectivity index (χ3n) is 5.24. The van der Waals surface area contributed by atoms with Gasteiger partial charge in [-0.3, -0.25) is 9.69 Å². The van der Waals surface area contributed by atoms with Crippen molar-refractivity contribution >= 4 is 5.91 Å². The van der Waals surface area contributed by atoms with Crippen LogP contribution in [0.5, 0.6) is 0 Å². The molecule has 3 rings (SSSR count). The zero-order chi connectivity index (χ0) is 16.1. The van der Waals surface area contributed by atoms with Crippen LogP contribution in [-0.4, -0.2) is 42.6 Å². The first-order chi connectivity index (χ1) is 11.2. The Kier molecular flexibility index (Phi) is 5.68. The summed E-state index contributed by atoms with van der Waals surface area (Å²) in [6.45, 7) is 5.68. The van der Waals surface area contributed by atoms with Crippen LogP contribution in [0.15, 0.2) is 30.3 Å². The van der Waals surface area contributed by atoms with Gasteiger partial charge in [0, 0.05) is 25.8 Å². The molecule has 126 valence electrons. The van der Waals surface area contributed by atoms with Gasteiger partial charge in [-0.1, -0.05) is 30.3 Å². The van der Waals surface area contributed by atoms with Crippen LogP contribution in [0.4, 0.5) is 0 Å². The number of nitrogens with zero attached hydrogens (tertiary/aromatic N) is 1. The number of benzene rings is 1. The Morgan fingerprint density at radius 2 is 2.00 bits per heavy atom. The maximum atomic E-state index is 12.7. The second-order valence-corrected chi connectivity index (χ2v) is 6.86. The van der Waals surface area contributed by atoms with Crippen LogP contribution in [-0.2, 0) is 16.1 Å². The fourth-order valence-corrected chi connectivity index (χ4v) is 3.78. The Balaban J connectivity index is 1.55. The van der Waals surface area contributed by atoms with Crippen LogP contribution in [0.2, 0.25) is 0 Å². The lowest BCUT2D eigenvalue weighted by Gasteiger charge is -2.31. The topological polar surface area (TPSA) is 41.6 Å². The van der Waals surface area contributed by atoms with Gasteiger partial charge in [0.25, 0.3) is 0 Å². The third-order valence-corrected chi connectivity index (χ3v) is 5.24. The maximum Gasteiger partial charge on any atom is 0.237 e. The lowest BCUT2D eigenvalue weighted by molar-refractivity contribution is -0.126. The lowest BCUT2D eigenvalue weighted by Crippen LogP contribution is -2.48. The van der Waals surface area contributed by atoms with Crippen LogP contribution < -0.4 is 5.32 Å². The van der Waals surface area contributed by atoms with E-state index in [1.807, 2.05) is 6.07 Å². The van der Waals surface area contributed by atoms with Crippen molar-refractivity contribution in [2.75, 3.05) is 19.8 Å². The van der Waals surface area contributed by atoms with Gasteiger partial charge in [0.05, 0.1) is 6.04 Å². The molecular formula is C19H28N2O2. The first kappa shape index (κ1) is 16.5. The van der Waals surface area contributed by atoms with Gasteiger partial charge in [0.2, 0.25) is 5.91 Å². The summed E-state index contributed by atoms with van der Waals surface area (Å²) in [4.78, 5) is 15.0. The molecule has 2 saturated heterocycles. The Morgan fingerprint density at radius 1 is 1.26 bits per heavy atom. The van der Waals surface area contributed by atoms with Gasteiger partial charge in [-0.05, 0) is 50.6 Å². The summed E-state index contributed by atoms with van der Waals surface area (Å²) in [6, 6.07) is 10.7. The molecule has 0 aliphatic carbocycles. The number of rotatable bonds is 5. The molecule has 4 heteroatoms. The van der Waals surface area contributed by atoms with Crippen LogP contribution in [0, 0.1) is 5.92 Å². The zero-order valence-corrected chi connectivity index (χ0v) is 14.0. The van der Waals surface area contributed by atoms with Crippen LogP contribution >= 0.6 is 0 Å². The standard InChI is InChI=1S/C19H28N2O2/c1-15(17-9-12-23-13-10-17)20-19(22)18-8-5-11-21(18)14-16-6-3-2-4-7-16/h2-4,6-7,15,17-18H,5,8-14H2,1H3,(H,20,22). The number of likely N-dealkylation sites (tertiary alicyclic amines) is 1. The highest BCUT2D eigenvalue weighted by Crippen LogP contribution is 2.22. The normalized spacial score (nSPS) is 24.5. The van der Waals surface area contributed by atoms with E-state index >= 15 is 0 Å². The summed E-state index contributed by atoms with van der Waals surface area (Å²) in [6.07, 6.45) is 4.19. The van der Waals surface area contributed by atoms with Crippen LogP contribution in [0.1, 0.15) is 38.2 Å². The number of ether oxygens (including phenoxy) is 1. The fourth-order valence-electron chi connectivity index (χ4n) is 3.78. The molecular weight excluding hydrogens is 288 g/mol. The van der Waals surface area contributed by atoms with Gasteiger partial charge in [-0.25, -0.2) is 0 Å². The van der Waals surface area contributed by atoms with Crippen molar-refractivity contribution in [1.29, 1.82) is 0 Å². The molecule has 2 heterocycles. The molecule has 2 aliphatic rings. The number of carbonyl (C=O) groups excluding carboxylic acids is 1. The summed E-state index contributed by atoms with van der Waals surface area (Å²) >= 11 is 0. The van der Waals surface area contributed by atoms with E-state index in [-0.39, 0.29) is 18.0 Å². The summed E-state index contributed by atoms with van der Waals surface area (Å²) in [7, 11) is 0. The minimum atomic E-state index is 0.0255. The van der Waals surface area contributed by atoms with E-state index in [2.05, 4.69) is 41.4 Å². The first-order valence-corrected chi connectivity index (χ1v) is 8.90. The molecule has 2 unspecified atom stereocenters. The highest BCUT2D eigenvalue weighted by atomic mass is 16.5. The van der Waals surface area contributed by atoms with Crippen molar-refractivity contribution in [1.82, 2.24) is 10.2 Å². The second kappa shape index (κ2) is 7.93. The fraction of sp³-hybridized carbons (Fsp3) is 0.632. The van der Waals surface area contributed by atoms with Gasteiger partial charge < -0.3 is 10.1 Å². The molecule has 23 heavy (non-hydrogen) atoms. The summed E-state index contributed by atoms with van der Waals surface area (Å²) in [5, 5.41) is 3.27. The van der Waals surface area contributed by atoms with E-state index in [4.69, 9.17) is 4.74 Å². The van der Waals surface area contributed by atoms with Crippen molar-refractivity contribution in [2.24, 2.45) is 5.92 Å². The zero-order valence-electron chi connectivity index (χ0n) is 14.0. The molecule has 0 saturated carbocycles. The van der Waals surface area contributed by atoms with Gasteiger partial charge in [0.15, 0.2) is 0 Å². The van der Waals surface area contributed by atoms with E-state index < -0.39 is 0 Å². The molecule has 0 bridgehead atoms. The third kappa shape index (κ3) is 4.33. The first-order valence-electron chi connectivity index (χ1n) is 8.90. The molecule has 2 aliphatic heterocycles. The Labute approximate surface area is 139 Å². The van der Waals surface area contributed by atoms with E-state index in [1.165, 1.54) is 5.56 Å². The van der Waals surface area contributed by atoms with Crippen LogP contribution in [0.3, 0.4) is 0 Å². The molecule has 1 aromatic rings. The summed E-state index contributed by atoms with van der Waals surface area (Å²) in [5.41, 5.74) is 1.28. The number of carbonyl (C=O) groups is 1. The molecule has 2 atom stereocenters. The number of amides is 1. The average molecular weight is 316 g/mol. The van der Waals surface area contributed by atoms with E-state index in [1.54, 1.807) is 0 Å². The van der Waals surface area contributed by atoms with Crippen molar-refractivity contribution in [3.63, 3.8) is 0 Å². The average Bonchev–Trinajstić information content (AvgIpc) is 3.05. The molecule has 1 amide bonds. The Morgan fingerprint density at radius 3 is 2.74 bits per heavy atom. The minimum Gasteiger partial charge on any atom is -0.381 e. The molecule has 0 aromatic heterocycles. The highest BCUT2D eigenvalue weighted by Gasteiger charge is 2.32. The van der Waals surface area contributed by atoms with Gasteiger partial charge >= 0.3 is 0 Å². The Bertz CT molecular complexity index is 499. The van der Waals surface area contributed by atoms with E-state index in [0.29, 0.717) is 5.92 Å². The Hall–Kier alpha value is -1.39.